The van der Waals surface area contributed by atoms with Gasteiger partial charge in [-0.05, 0) is 37.1 Å². The third-order valence-corrected chi connectivity index (χ3v) is 3.95. The van der Waals surface area contributed by atoms with Gasteiger partial charge in [0.15, 0.2) is 0 Å². The molecule has 120 valence electrons. The Hall–Kier alpha value is -2.20. The Morgan fingerprint density at radius 2 is 1.87 bits per heavy atom. The molecule has 0 saturated heterocycles. The van der Waals surface area contributed by atoms with Crippen molar-refractivity contribution in [2.24, 2.45) is 4.99 Å². The van der Waals surface area contributed by atoms with E-state index in [9.17, 15) is 4.39 Å². The Morgan fingerprint density at radius 1 is 1.09 bits per heavy atom. The highest BCUT2D eigenvalue weighted by Crippen LogP contribution is 2.33. The standard InChI is InChI=1S/C19H21FN2O/c1-19(2)18(15-8-4-3-5-9-15)21-17(22-19)13-23-12-14-7-6-10-16(20)11-14/h3-11,18H,12-13H2,1-2H3,(H,21,22)/t18-/m1/s1. The molecule has 0 unspecified atom stereocenters. The van der Waals surface area contributed by atoms with Crippen molar-refractivity contribution in [1.82, 2.24) is 5.32 Å². The predicted octanol–water partition coefficient (Wildman–Crippen LogP) is 3.86. The van der Waals surface area contributed by atoms with Gasteiger partial charge in [-0.3, -0.25) is 4.99 Å². The number of amidine groups is 1. The van der Waals surface area contributed by atoms with Gasteiger partial charge in [0.2, 0.25) is 0 Å². The van der Waals surface area contributed by atoms with E-state index >= 15 is 0 Å². The number of rotatable bonds is 5. The molecule has 3 rings (SSSR count). The number of hydrogen-bond donors (Lipinski definition) is 1. The van der Waals surface area contributed by atoms with E-state index in [4.69, 9.17) is 9.73 Å². The first-order valence-corrected chi connectivity index (χ1v) is 7.76. The minimum atomic E-state index is -0.243. The summed E-state index contributed by atoms with van der Waals surface area (Å²) >= 11 is 0. The van der Waals surface area contributed by atoms with Gasteiger partial charge in [0.1, 0.15) is 18.3 Å². The molecule has 0 fully saturated rings. The molecule has 1 N–H and O–H groups in total. The van der Waals surface area contributed by atoms with Crippen molar-refractivity contribution in [2.75, 3.05) is 6.61 Å². The second-order valence-corrected chi connectivity index (χ2v) is 6.36. The molecule has 1 heterocycles. The Bertz CT molecular complexity index is 698. The van der Waals surface area contributed by atoms with Gasteiger partial charge in [0.25, 0.3) is 0 Å². The lowest BCUT2D eigenvalue weighted by molar-refractivity contribution is 0.155. The average molecular weight is 312 g/mol. The van der Waals surface area contributed by atoms with Gasteiger partial charge in [-0.15, -0.1) is 0 Å². The Balaban J connectivity index is 1.62. The van der Waals surface area contributed by atoms with Gasteiger partial charge >= 0.3 is 0 Å². The quantitative estimate of drug-likeness (QED) is 0.909. The van der Waals surface area contributed by atoms with Gasteiger partial charge in [0.05, 0.1) is 18.2 Å². The molecule has 1 atom stereocenters. The molecule has 2 aromatic rings. The first-order chi connectivity index (χ1) is 11.0. The van der Waals surface area contributed by atoms with E-state index in [2.05, 4.69) is 31.3 Å². The molecule has 4 heteroatoms. The van der Waals surface area contributed by atoms with Crippen molar-refractivity contribution >= 4 is 5.84 Å². The van der Waals surface area contributed by atoms with Crippen molar-refractivity contribution < 1.29 is 9.13 Å². The summed E-state index contributed by atoms with van der Waals surface area (Å²) in [6, 6.07) is 16.8. The third kappa shape index (κ3) is 3.77. The van der Waals surface area contributed by atoms with Crippen molar-refractivity contribution in [3.05, 3.63) is 71.5 Å². The molecule has 0 radical (unpaired) electrons. The van der Waals surface area contributed by atoms with Crippen molar-refractivity contribution in [1.29, 1.82) is 0 Å². The van der Waals surface area contributed by atoms with Crippen LogP contribution in [0.5, 0.6) is 0 Å². The molecule has 1 aliphatic rings. The van der Waals surface area contributed by atoms with Crippen LogP contribution in [0.1, 0.15) is 31.0 Å². The molecule has 0 amide bonds. The average Bonchev–Trinajstić information content (AvgIpc) is 2.83. The van der Waals surface area contributed by atoms with Crippen LogP contribution in [0.3, 0.4) is 0 Å². The fourth-order valence-corrected chi connectivity index (χ4v) is 2.88. The van der Waals surface area contributed by atoms with Gasteiger partial charge in [-0.1, -0.05) is 42.5 Å². The molecule has 3 nitrogen and oxygen atoms in total. The smallest absolute Gasteiger partial charge is 0.124 e. The minimum absolute atomic E-state index is 0.0662. The van der Waals surface area contributed by atoms with Crippen molar-refractivity contribution in [2.45, 2.75) is 32.0 Å². The highest BCUT2D eigenvalue weighted by molar-refractivity contribution is 5.86. The van der Waals surface area contributed by atoms with Crippen LogP contribution in [0.15, 0.2) is 59.6 Å². The summed E-state index contributed by atoms with van der Waals surface area (Å²) in [6.07, 6.45) is 0. The maximum atomic E-state index is 13.1. The van der Waals surface area contributed by atoms with Crippen LogP contribution in [-0.2, 0) is 11.3 Å². The Kier molecular flexibility index (Phi) is 4.44. The fraction of sp³-hybridized carbons (Fsp3) is 0.316. The lowest BCUT2D eigenvalue weighted by Gasteiger charge is -2.26. The molecule has 2 aromatic carbocycles. The van der Waals surface area contributed by atoms with Crippen LogP contribution in [-0.4, -0.2) is 18.0 Å². The van der Waals surface area contributed by atoms with E-state index in [-0.39, 0.29) is 17.4 Å². The minimum Gasteiger partial charge on any atom is -0.369 e. The first kappa shape index (κ1) is 15.7. The zero-order chi connectivity index (χ0) is 16.3. The first-order valence-electron chi connectivity index (χ1n) is 7.76. The van der Waals surface area contributed by atoms with E-state index < -0.39 is 0 Å². The van der Waals surface area contributed by atoms with Gasteiger partial charge < -0.3 is 10.1 Å². The summed E-state index contributed by atoms with van der Waals surface area (Å²) in [4.78, 5) is 4.77. The topological polar surface area (TPSA) is 33.6 Å². The lowest BCUT2D eigenvalue weighted by atomic mass is 9.90. The van der Waals surface area contributed by atoms with E-state index in [1.54, 1.807) is 6.07 Å². The number of nitrogens with zero attached hydrogens (tertiary/aromatic N) is 1. The molecular weight excluding hydrogens is 291 g/mol. The normalized spacial score (nSPS) is 19.3. The number of benzene rings is 2. The highest BCUT2D eigenvalue weighted by atomic mass is 19.1. The molecular formula is C19H21FN2O. The number of nitrogens with one attached hydrogen (secondary N) is 1. The van der Waals surface area contributed by atoms with E-state index in [1.807, 2.05) is 24.3 Å². The zero-order valence-corrected chi connectivity index (χ0v) is 13.4. The van der Waals surface area contributed by atoms with Gasteiger partial charge in [-0.25, -0.2) is 4.39 Å². The molecule has 23 heavy (non-hydrogen) atoms. The third-order valence-electron chi connectivity index (χ3n) is 3.95. The summed E-state index contributed by atoms with van der Waals surface area (Å²) < 4.78 is 18.8. The molecule has 0 saturated carbocycles. The SMILES string of the molecule is CC1(C)NC(COCc2cccc(F)c2)=N[C@@H]1c1ccccc1. The summed E-state index contributed by atoms with van der Waals surface area (Å²) in [5.41, 5.74) is 1.85. The second-order valence-electron chi connectivity index (χ2n) is 6.36. The Morgan fingerprint density at radius 3 is 2.61 bits per heavy atom. The van der Waals surface area contributed by atoms with Crippen LogP contribution in [0, 0.1) is 5.82 Å². The van der Waals surface area contributed by atoms with Gasteiger partial charge in [-0.2, -0.15) is 0 Å². The largest absolute Gasteiger partial charge is 0.369 e. The highest BCUT2D eigenvalue weighted by Gasteiger charge is 2.36. The van der Waals surface area contributed by atoms with Crippen LogP contribution < -0.4 is 5.32 Å². The zero-order valence-electron chi connectivity index (χ0n) is 13.4. The maximum Gasteiger partial charge on any atom is 0.124 e. The predicted molar refractivity (Wildman–Crippen MR) is 89.9 cm³/mol. The molecule has 1 aliphatic heterocycles. The molecule has 0 spiro atoms. The van der Waals surface area contributed by atoms with Crippen molar-refractivity contribution in [3.63, 3.8) is 0 Å². The lowest BCUT2D eigenvalue weighted by Crippen LogP contribution is -2.42. The second kappa shape index (κ2) is 6.50. The number of hydrogen-bond acceptors (Lipinski definition) is 3. The number of halogens is 1. The van der Waals surface area contributed by atoms with Gasteiger partial charge in [0, 0.05) is 0 Å². The molecule has 0 bridgehead atoms. The van der Waals surface area contributed by atoms with Crippen LogP contribution >= 0.6 is 0 Å². The maximum absolute atomic E-state index is 13.1. The monoisotopic (exact) mass is 312 g/mol. The van der Waals surface area contributed by atoms with E-state index in [0.717, 1.165) is 11.4 Å². The van der Waals surface area contributed by atoms with E-state index in [1.165, 1.54) is 17.7 Å². The van der Waals surface area contributed by atoms with Crippen LogP contribution in [0.4, 0.5) is 4.39 Å². The summed E-state index contributed by atoms with van der Waals surface area (Å²) in [6.45, 7) is 5.03. The molecule has 0 aliphatic carbocycles. The van der Waals surface area contributed by atoms with E-state index in [0.29, 0.717) is 13.2 Å². The summed E-state index contributed by atoms with van der Waals surface area (Å²) in [7, 11) is 0. The number of ether oxygens (including phenoxy) is 1. The van der Waals surface area contributed by atoms with Crippen LogP contribution in [0.25, 0.3) is 0 Å². The number of aliphatic imine (C=N–C) groups is 1. The van der Waals surface area contributed by atoms with Crippen molar-refractivity contribution in [3.8, 4) is 0 Å². The summed E-state index contributed by atoms with van der Waals surface area (Å²) in [5.74, 6) is 0.591. The molecule has 0 aromatic heterocycles. The Labute approximate surface area is 136 Å². The van der Waals surface area contributed by atoms with Crippen LogP contribution in [0.2, 0.25) is 0 Å². The fourth-order valence-electron chi connectivity index (χ4n) is 2.88. The summed E-state index contributed by atoms with van der Waals surface area (Å²) in [5, 5.41) is 3.43.